The van der Waals surface area contributed by atoms with Gasteiger partial charge >= 0.3 is 6.18 Å². The van der Waals surface area contributed by atoms with Crippen molar-refractivity contribution in [2.75, 3.05) is 13.1 Å². The Bertz CT molecular complexity index is 541. The van der Waals surface area contributed by atoms with Crippen LogP contribution < -0.4 is 5.32 Å². The monoisotopic (exact) mass is 350 g/mol. The molecule has 0 aliphatic heterocycles. The molecule has 0 aliphatic carbocycles. The first kappa shape index (κ1) is 16.3. The van der Waals surface area contributed by atoms with Gasteiger partial charge in [0.15, 0.2) is 0 Å². The Morgan fingerprint density at radius 3 is 2.75 bits per heavy atom. The molecule has 1 aromatic carbocycles. The van der Waals surface area contributed by atoms with Gasteiger partial charge in [-0.3, -0.25) is 4.79 Å². The van der Waals surface area contributed by atoms with Gasteiger partial charge in [0.25, 0.3) is 5.91 Å². The molecule has 0 saturated carbocycles. The van der Waals surface area contributed by atoms with E-state index in [0.29, 0.717) is 6.42 Å². The molecule has 108 valence electrons. The fraction of sp³-hybridized carbons (Fsp3) is 0.364. The zero-order valence-electron chi connectivity index (χ0n) is 10.1. The minimum atomic E-state index is -4.53. The van der Waals surface area contributed by atoms with E-state index in [1.807, 2.05) is 0 Å². The van der Waals surface area contributed by atoms with Crippen LogP contribution in [-0.4, -0.2) is 19.0 Å². The number of azide groups is 1. The Labute approximate surface area is 120 Å². The lowest BCUT2D eigenvalue weighted by Gasteiger charge is -2.11. The van der Waals surface area contributed by atoms with Gasteiger partial charge < -0.3 is 5.32 Å². The maximum atomic E-state index is 12.7. The summed E-state index contributed by atoms with van der Waals surface area (Å²) in [5.41, 5.74) is 7.06. The number of nitrogens with one attached hydrogen (secondary N) is 1. The van der Waals surface area contributed by atoms with Crippen LogP contribution in [0.1, 0.15) is 22.3 Å². The van der Waals surface area contributed by atoms with Crippen LogP contribution in [0.4, 0.5) is 13.2 Å². The van der Waals surface area contributed by atoms with Crippen molar-refractivity contribution < 1.29 is 18.0 Å². The Kier molecular flexibility index (Phi) is 5.84. The normalized spacial score (nSPS) is 10.8. The maximum absolute atomic E-state index is 12.7. The number of amides is 1. The molecule has 0 aliphatic rings. The van der Waals surface area contributed by atoms with Crippen molar-refractivity contribution in [3.05, 3.63) is 44.2 Å². The van der Waals surface area contributed by atoms with Gasteiger partial charge in [-0.15, -0.1) is 0 Å². The van der Waals surface area contributed by atoms with E-state index in [-0.39, 0.29) is 23.1 Å². The summed E-state index contributed by atoms with van der Waals surface area (Å²) >= 11 is 2.80. The van der Waals surface area contributed by atoms with E-state index >= 15 is 0 Å². The molecule has 0 radical (unpaired) electrons. The predicted molar refractivity (Wildman–Crippen MR) is 70.1 cm³/mol. The molecule has 5 nitrogen and oxygen atoms in total. The number of halogens is 4. The molecular weight excluding hydrogens is 341 g/mol. The summed E-state index contributed by atoms with van der Waals surface area (Å²) in [6.07, 6.45) is -4.12. The van der Waals surface area contributed by atoms with Crippen molar-refractivity contribution in [1.29, 1.82) is 0 Å². The molecule has 0 fully saturated rings. The number of rotatable bonds is 5. The number of nitrogens with zero attached hydrogens (tertiary/aromatic N) is 3. The second kappa shape index (κ2) is 7.16. The van der Waals surface area contributed by atoms with Gasteiger partial charge in [-0.05, 0) is 30.2 Å². The van der Waals surface area contributed by atoms with Crippen LogP contribution in [0, 0.1) is 0 Å². The Morgan fingerprint density at radius 1 is 1.45 bits per heavy atom. The fourth-order valence-corrected chi connectivity index (χ4v) is 1.85. The first-order valence-electron chi connectivity index (χ1n) is 5.52. The van der Waals surface area contributed by atoms with Gasteiger partial charge in [0, 0.05) is 28.0 Å². The standard InChI is InChI=1S/C11H10BrF3N4O/c12-9-3-2-7(6-8(9)11(13,14)15)10(20)17-4-1-5-18-19-16/h2-3,6H,1,4-5H2,(H,17,20). The molecule has 0 saturated heterocycles. The Balaban J connectivity index is 2.72. The van der Waals surface area contributed by atoms with Gasteiger partial charge in [-0.25, -0.2) is 0 Å². The minimum Gasteiger partial charge on any atom is -0.352 e. The Morgan fingerprint density at radius 2 is 2.15 bits per heavy atom. The van der Waals surface area contributed by atoms with Crippen molar-refractivity contribution in [3.63, 3.8) is 0 Å². The molecule has 0 bridgehead atoms. The minimum absolute atomic E-state index is 0.0793. The fourth-order valence-electron chi connectivity index (χ4n) is 1.38. The van der Waals surface area contributed by atoms with Crippen LogP contribution in [-0.2, 0) is 6.18 Å². The van der Waals surface area contributed by atoms with Crippen molar-refractivity contribution in [2.24, 2.45) is 5.11 Å². The summed E-state index contributed by atoms with van der Waals surface area (Å²) in [6.45, 7) is 0.431. The van der Waals surface area contributed by atoms with E-state index in [1.54, 1.807) is 0 Å². The van der Waals surface area contributed by atoms with Crippen LogP contribution in [0.15, 0.2) is 27.8 Å². The molecule has 0 spiro atoms. The molecule has 0 atom stereocenters. The number of carbonyl (C=O) groups is 1. The smallest absolute Gasteiger partial charge is 0.352 e. The van der Waals surface area contributed by atoms with Crippen molar-refractivity contribution in [3.8, 4) is 0 Å². The van der Waals surface area contributed by atoms with Crippen LogP contribution in [0.5, 0.6) is 0 Å². The predicted octanol–water partition coefficient (Wildman–Crippen LogP) is 3.90. The number of benzene rings is 1. The quantitative estimate of drug-likeness (QED) is 0.371. The SMILES string of the molecule is [N-]=[N+]=NCCCNC(=O)c1ccc(Br)c(C(F)(F)F)c1. The van der Waals surface area contributed by atoms with Gasteiger partial charge in [-0.2, -0.15) is 13.2 Å². The van der Waals surface area contributed by atoms with E-state index in [1.165, 1.54) is 12.1 Å². The lowest BCUT2D eigenvalue weighted by Crippen LogP contribution is -2.25. The average molecular weight is 351 g/mol. The molecule has 0 heterocycles. The summed E-state index contributed by atoms with van der Waals surface area (Å²) in [4.78, 5) is 14.2. The van der Waals surface area contributed by atoms with Crippen LogP contribution >= 0.6 is 15.9 Å². The summed E-state index contributed by atoms with van der Waals surface area (Å²) in [5, 5.41) is 5.72. The average Bonchev–Trinajstić information content (AvgIpc) is 2.37. The van der Waals surface area contributed by atoms with Crippen LogP contribution in [0.2, 0.25) is 0 Å². The molecule has 1 N–H and O–H groups in total. The highest BCUT2D eigenvalue weighted by molar-refractivity contribution is 9.10. The van der Waals surface area contributed by atoms with Crippen molar-refractivity contribution >= 4 is 21.8 Å². The molecule has 1 amide bonds. The van der Waals surface area contributed by atoms with Gasteiger partial charge in [0.2, 0.25) is 0 Å². The van der Waals surface area contributed by atoms with E-state index in [2.05, 4.69) is 31.3 Å². The van der Waals surface area contributed by atoms with Crippen LogP contribution in [0.3, 0.4) is 0 Å². The van der Waals surface area contributed by atoms with Gasteiger partial charge in [0.05, 0.1) is 5.56 Å². The third-order valence-electron chi connectivity index (χ3n) is 2.32. The first-order valence-corrected chi connectivity index (χ1v) is 6.31. The van der Waals surface area contributed by atoms with Crippen molar-refractivity contribution in [2.45, 2.75) is 12.6 Å². The van der Waals surface area contributed by atoms with Crippen molar-refractivity contribution in [1.82, 2.24) is 5.32 Å². The molecule has 0 unspecified atom stereocenters. The van der Waals surface area contributed by atoms with E-state index in [0.717, 1.165) is 6.07 Å². The topological polar surface area (TPSA) is 77.9 Å². The van der Waals surface area contributed by atoms with E-state index in [4.69, 9.17) is 5.53 Å². The Hall–Kier alpha value is -1.73. The van der Waals surface area contributed by atoms with Gasteiger partial charge in [-0.1, -0.05) is 21.0 Å². The summed E-state index contributed by atoms with van der Waals surface area (Å²) in [6, 6.07) is 3.26. The highest BCUT2D eigenvalue weighted by atomic mass is 79.9. The number of alkyl halides is 3. The highest BCUT2D eigenvalue weighted by Crippen LogP contribution is 2.35. The third-order valence-corrected chi connectivity index (χ3v) is 3.01. The maximum Gasteiger partial charge on any atom is 0.417 e. The molecule has 20 heavy (non-hydrogen) atoms. The lowest BCUT2D eigenvalue weighted by molar-refractivity contribution is -0.138. The number of hydrogen-bond donors (Lipinski definition) is 1. The second-order valence-electron chi connectivity index (χ2n) is 3.76. The number of carbonyl (C=O) groups excluding carboxylic acids is 1. The largest absolute Gasteiger partial charge is 0.417 e. The molecule has 1 aromatic rings. The molecule has 0 aromatic heterocycles. The summed E-state index contributed by atoms with van der Waals surface area (Å²) in [5.74, 6) is -0.607. The summed E-state index contributed by atoms with van der Waals surface area (Å²) < 4.78 is 37.9. The lowest BCUT2D eigenvalue weighted by atomic mass is 10.1. The zero-order valence-corrected chi connectivity index (χ0v) is 11.7. The van der Waals surface area contributed by atoms with E-state index < -0.39 is 17.6 Å². The number of hydrogen-bond acceptors (Lipinski definition) is 2. The van der Waals surface area contributed by atoms with E-state index in [9.17, 15) is 18.0 Å². The van der Waals surface area contributed by atoms with Crippen LogP contribution in [0.25, 0.3) is 10.4 Å². The zero-order chi connectivity index (χ0) is 15.2. The third kappa shape index (κ3) is 4.75. The second-order valence-corrected chi connectivity index (χ2v) is 4.61. The molecule has 1 rings (SSSR count). The highest BCUT2D eigenvalue weighted by Gasteiger charge is 2.33. The first-order chi connectivity index (χ1) is 9.36. The van der Waals surface area contributed by atoms with Gasteiger partial charge in [0.1, 0.15) is 0 Å². The summed E-state index contributed by atoms with van der Waals surface area (Å²) in [7, 11) is 0. The molecule has 9 heteroatoms. The molecular formula is C11H10BrF3N4O.